The summed E-state index contributed by atoms with van der Waals surface area (Å²) in [7, 11) is 0. The molecule has 0 saturated heterocycles. The summed E-state index contributed by atoms with van der Waals surface area (Å²) < 4.78 is 5.39. The van der Waals surface area contributed by atoms with Crippen molar-refractivity contribution in [2.75, 3.05) is 12.5 Å². The fourth-order valence-electron chi connectivity index (χ4n) is 1.24. The quantitative estimate of drug-likeness (QED) is 0.700. The maximum Gasteiger partial charge on any atom is 0.138 e. The minimum atomic E-state index is 0.638. The minimum absolute atomic E-state index is 0.638. The summed E-state index contributed by atoms with van der Waals surface area (Å²) in [5.41, 5.74) is 1.22. The lowest BCUT2D eigenvalue weighted by molar-refractivity contribution is 0.340. The van der Waals surface area contributed by atoms with Gasteiger partial charge in [0.2, 0.25) is 0 Å². The van der Waals surface area contributed by atoms with Gasteiger partial charge in [0.25, 0.3) is 0 Å². The van der Waals surface area contributed by atoms with Crippen molar-refractivity contribution in [3.05, 3.63) is 28.8 Å². The van der Waals surface area contributed by atoms with Gasteiger partial charge in [-0.05, 0) is 37.5 Å². The second-order valence-corrected chi connectivity index (χ2v) is 3.78. The molecule has 0 aliphatic rings. The average Bonchev–Trinajstić information content (AvgIpc) is 2.19. The normalized spacial score (nSPS) is 10.2. The van der Waals surface area contributed by atoms with Crippen LogP contribution in [0.3, 0.4) is 0 Å². The second kappa shape index (κ2) is 6.15. The Bertz CT molecular complexity index is 287. The van der Waals surface area contributed by atoms with Gasteiger partial charge >= 0.3 is 0 Å². The van der Waals surface area contributed by atoms with Gasteiger partial charge < -0.3 is 4.74 Å². The molecule has 1 rings (SSSR count). The maximum absolute atomic E-state index is 5.96. The number of hydrogen-bond donors (Lipinski definition) is 0. The molecule has 0 N–H and O–H groups in total. The molecule has 0 saturated carbocycles. The highest BCUT2D eigenvalue weighted by Gasteiger charge is 2.02. The van der Waals surface area contributed by atoms with E-state index in [0.29, 0.717) is 17.5 Å². The first-order valence-electron chi connectivity index (χ1n) is 4.75. The fourth-order valence-corrected chi connectivity index (χ4v) is 1.55. The number of rotatable bonds is 5. The second-order valence-electron chi connectivity index (χ2n) is 2.99. The standard InChI is InChI=1S/C11H14Cl2O/c1-2-14-11-8-9(4-3-7-12)5-6-10(11)13/h5-6,8H,2-4,7H2,1H3. The van der Waals surface area contributed by atoms with E-state index in [2.05, 4.69) is 0 Å². The van der Waals surface area contributed by atoms with E-state index in [1.54, 1.807) is 0 Å². The molecule has 0 aliphatic heterocycles. The lowest BCUT2D eigenvalue weighted by Crippen LogP contribution is -1.94. The van der Waals surface area contributed by atoms with Gasteiger partial charge in [-0.25, -0.2) is 0 Å². The van der Waals surface area contributed by atoms with Crippen LogP contribution in [0.25, 0.3) is 0 Å². The summed E-state index contributed by atoms with van der Waals surface area (Å²) in [5, 5.41) is 0.668. The topological polar surface area (TPSA) is 9.23 Å². The lowest BCUT2D eigenvalue weighted by atomic mass is 10.1. The van der Waals surface area contributed by atoms with Gasteiger partial charge in [0, 0.05) is 5.88 Å². The van der Waals surface area contributed by atoms with E-state index >= 15 is 0 Å². The predicted octanol–water partition coefficient (Wildman–Crippen LogP) is 3.91. The van der Waals surface area contributed by atoms with E-state index in [1.807, 2.05) is 25.1 Å². The van der Waals surface area contributed by atoms with Crippen molar-refractivity contribution in [2.24, 2.45) is 0 Å². The molecule has 0 heterocycles. The summed E-state index contributed by atoms with van der Waals surface area (Å²) >= 11 is 11.6. The summed E-state index contributed by atoms with van der Waals surface area (Å²) in [6.07, 6.45) is 1.95. The van der Waals surface area contributed by atoms with E-state index in [0.717, 1.165) is 18.6 Å². The summed E-state index contributed by atoms with van der Waals surface area (Å²) in [4.78, 5) is 0. The largest absolute Gasteiger partial charge is 0.492 e. The molecule has 0 atom stereocenters. The average molecular weight is 233 g/mol. The number of hydrogen-bond acceptors (Lipinski definition) is 1. The number of halogens is 2. The van der Waals surface area contributed by atoms with Crippen molar-refractivity contribution in [3.8, 4) is 5.75 Å². The van der Waals surface area contributed by atoms with Gasteiger partial charge in [-0.3, -0.25) is 0 Å². The molecule has 0 aromatic heterocycles. The Kier molecular flexibility index (Phi) is 5.13. The summed E-state index contributed by atoms with van der Waals surface area (Å²) in [5.74, 6) is 1.45. The number of alkyl halides is 1. The summed E-state index contributed by atoms with van der Waals surface area (Å²) in [6, 6.07) is 5.87. The van der Waals surface area contributed by atoms with Crippen molar-refractivity contribution in [2.45, 2.75) is 19.8 Å². The number of ether oxygens (including phenoxy) is 1. The van der Waals surface area contributed by atoms with Crippen LogP contribution in [-0.4, -0.2) is 12.5 Å². The molecule has 0 spiro atoms. The Balaban J connectivity index is 2.72. The molecule has 0 radical (unpaired) electrons. The molecule has 3 heteroatoms. The third-order valence-corrected chi connectivity index (χ3v) is 2.47. The first kappa shape index (κ1) is 11.7. The first-order chi connectivity index (χ1) is 6.77. The van der Waals surface area contributed by atoms with E-state index in [9.17, 15) is 0 Å². The monoisotopic (exact) mass is 232 g/mol. The minimum Gasteiger partial charge on any atom is -0.492 e. The van der Waals surface area contributed by atoms with Crippen molar-refractivity contribution < 1.29 is 4.74 Å². The molecular formula is C11H14Cl2O. The molecule has 0 fully saturated rings. The molecule has 0 bridgehead atoms. The summed E-state index contributed by atoms with van der Waals surface area (Å²) in [6.45, 7) is 2.58. The molecular weight excluding hydrogens is 219 g/mol. The van der Waals surface area contributed by atoms with Crippen LogP contribution in [0.1, 0.15) is 18.9 Å². The van der Waals surface area contributed by atoms with E-state index in [4.69, 9.17) is 27.9 Å². The van der Waals surface area contributed by atoms with Gasteiger partial charge in [-0.1, -0.05) is 17.7 Å². The Hall–Kier alpha value is -0.400. The zero-order chi connectivity index (χ0) is 10.4. The fraction of sp³-hybridized carbons (Fsp3) is 0.455. The van der Waals surface area contributed by atoms with Crippen LogP contribution >= 0.6 is 23.2 Å². The van der Waals surface area contributed by atoms with Crippen LogP contribution in [-0.2, 0) is 6.42 Å². The first-order valence-corrected chi connectivity index (χ1v) is 5.66. The van der Waals surface area contributed by atoms with Gasteiger partial charge in [0.1, 0.15) is 5.75 Å². The molecule has 0 unspecified atom stereocenters. The Morgan fingerprint density at radius 2 is 2.14 bits per heavy atom. The van der Waals surface area contributed by atoms with Crippen molar-refractivity contribution in [1.82, 2.24) is 0 Å². The number of aryl methyl sites for hydroxylation is 1. The highest BCUT2D eigenvalue weighted by molar-refractivity contribution is 6.32. The highest BCUT2D eigenvalue weighted by atomic mass is 35.5. The molecule has 1 nitrogen and oxygen atoms in total. The van der Waals surface area contributed by atoms with E-state index < -0.39 is 0 Å². The zero-order valence-electron chi connectivity index (χ0n) is 8.22. The maximum atomic E-state index is 5.96. The predicted molar refractivity (Wildman–Crippen MR) is 61.7 cm³/mol. The van der Waals surface area contributed by atoms with Crippen LogP contribution in [0, 0.1) is 0 Å². The van der Waals surface area contributed by atoms with Crippen LogP contribution in [0.4, 0.5) is 0 Å². The van der Waals surface area contributed by atoms with Crippen LogP contribution < -0.4 is 4.74 Å². The Labute approximate surface area is 95.0 Å². The molecule has 1 aromatic rings. The molecule has 0 amide bonds. The highest BCUT2D eigenvalue weighted by Crippen LogP contribution is 2.25. The van der Waals surface area contributed by atoms with Crippen LogP contribution in [0.15, 0.2) is 18.2 Å². The van der Waals surface area contributed by atoms with Crippen molar-refractivity contribution >= 4 is 23.2 Å². The molecule has 78 valence electrons. The van der Waals surface area contributed by atoms with Crippen LogP contribution in [0.2, 0.25) is 5.02 Å². The Morgan fingerprint density at radius 1 is 1.36 bits per heavy atom. The molecule has 14 heavy (non-hydrogen) atoms. The van der Waals surface area contributed by atoms with E-state index in [1.165, 1.54) is 5.56 Å². The smallest absolute Gasteiger partial charge is 0.138 e. The molecule has 1 aromatic carbocycles. The number of benzene rings is 1. The third-order valence-electron chi connectivity index (χ3n) is 1.89. The third kappa shape index (κ3) is 3.39. The van der Waals surface area contributed by atoms with Crippen molar-refractivity contribution in [3.63, 3.8) is 0 Å². The van der Waals surface area contributed by atoms with Gasteiger partial charge in [-0.15, -0.1) is 11.6 Å². The zero-order valence-corrected chi connectivity index (χ0v) is 9.74. The van der Waals surface area contributed by atoms with Gasteiger partial charge in [-0.2, -0.15) is 0 Å². The van der Waals surface area contributed by atoms with Gasteiger partial charge in [0.05, 0.1) is 11.6 Å². The van der Waals surface area contributed by atoms with Crippen LogP contribution in [0.5, 0.6) is 5.75 Å². The van der Waals surface area contributed by atoms with E-state index in [-0.39, 0.29) is 0 Å². The van der Waals surface area contributed by atoms with Gasteiger partial charge in [0.15, 0.2) is 0 Å². The SMILES string of the molecule is CCOc1cc(CCCCl)ccc1Cl. The Morgan fingerprint density at radius 3 is 2.79 bits per heavy atom. The lowest BCUT2D eigenvalue weighted by Gasteiger charge is -2.07. The molecule has 0 aliphatic carbocycles. The van der Waals surface area contributed by atoms with Crippen molar-refractivity contribution in [1.29, 1.82) is 0 Å².